The highest BCUT2D eigenvalue weighted by Crippen LogP contribution is 2.29. The number of ether oxygens (including phenoxy) is 1. The number of nitrogens with one attached hydrogen (secondary N) is 1. The number of hydrogen-bond acceptors (Lipinski definition) is 4. The number of rotatable bonds is 5. The van der Waals surface area contributed by atoms with E-state index in [0.29, 0.717) is 17.4 Å². The van der Waals surface area contributed by atoms with E-state index in [0.717, 1.165) is 24.0 Å². The molecule has 3 rings (SSSR count). The van der Waals surface area contributed by atoms with E-state index in [1.807, 2.05) is 12.1 Å². The van der Waals surface area contributed by atoms with Gasteiger partial charge in [0.2, 0.25) is 0 Å². The van der Waals surface area contributed by atoms with Crippen LogP contribution in [0.25, 0.3) is 11.1 Å². The van der Waals surface area contributed by atoms with Crippen molar-refractivity contribution in [1.29, 1.82) is 0 Å². The maximum Gasteiger partial charge on any atom is 0.338 e. The summed E-state index contributed by atoms with van der Waals surface area (Å²) in [6.07, 6.45) is 3.29. The summed E-state index contributed by atoms with van der Waals surface area (Å²) in [6, 6.07) is 14.0. The molecule has 5 nitrogen and oxygen atoms in total. The van der Waals surface area contributed by atoms with Crippen LogP contribution in [0.5, 0.6) is 5.75 Å². The molecule has 1 aliphatic carbocycles. The number of amides is 1. The third-order valence-electron chi connectivity index (χ3n) is 5.71. The first-order valence-corrected chi connectivity index (χ1v) is 9.80. The van der Waals surface area contributed by atoms with E-state index >= 15 is 0 Å². The summed E-state index contributed by atoms with van der Waals surface area (Å²) < 4.78 is 5.17. The summed E-state index contributed by atoms with van der Waals surface area (Å²) >= 11 is 0. The van der Waals surface area contributed by atoms with Crippen LogP contribution in [-0.4, -0.2) is 29.6 Å². The zero-order valence-electron chi connectivity index (χ0n) is 16.4. The molecule has 0 aromatic heterocycles. The molecule has 0 heterocycles. The Morgan fingerprint density at radius 2 is 1.61 bits per heavy atom. The lowest BCUT2D eigenvalue weighted by atomic mass is 9.78. The van der Waals surface area contributed by atoms with Gasteiger partial charge >= 0.3 is 5.97 Å². The molecule has 148 valence electrons. The van der Waals surface area contributed by atoms with Gasteiger partial charge in [-0.15, -0.1) is 0 Å². The van der Waals surface area contributed by atoms with Crippen LogP contribution in [-0.2, 0) is 9.53 Å². The highest BCUT2D eigenvalue weighted by molar-refractivity contribution is 5.91. The van der Waals surface area contributed by atoms with Crippen LogP contribution < -0.4 is 5.32 Å². The minimum atomic E-state index is -0.516. The molecule has 1 saturated carbocycles. The van der Waals surface area contributed by atoms with Crippen LogP contribution in [0.1, 0.15) is 43.5 Å². The number of phenolic OH excluding ortho intramolecular Hbond substituents is 1. The number of carbonyl (C=O) groups is 2. The second-order valence-corrected chi connectivity index (χ2v) is 7.64. The average Bonchev–Trinajstić information content (AvgIpc) is 2.70. The van der Waals surface area contributed by atoms with Crippen molar-refractivity contribution in [2.75, 3.05) is 6.61 Å². The minimum Gasteiger partial charge on any atom is -0.508 e. The molecule has 2 aromatic carbocycles. The zero-order chi connectivity index (χ0) is 20.1. The highest BCUT2D eigenvalue weighted by atomic mass is 16.5. The molecule has 0 spiro atoms. The van der Waals surface area contributed by atoms with Crippen molar-refractivity contribution >= 4 is 11.9 Å². The first-order chi connectivity index (χ1) is 13.4. The van der Waals surface area contributed by atoms with Crippen molar-refractivity contribution in [2.24, 2.45) is 11.8 Å². The standard InChI is InChI=1S/C23H27NO4/c1-15-4-3-5-21(16(15)2)24-22(26)14-28-23(27)19-8-6-17(7-9-19)18-10-12-20(25)13-11-18/h6-13,15-16,21,25H,3-5,14H2,1-2H3,(H,24,26)/t15-,16+,21+/m0/s1. The molecule has 2 aromatic rings. The highest BCUT2D eigenvalue weighted by Gasteiger charge is 2.28. The van der Waals surface area contributed by atoms with E-state index in [4.69, 9.17) is 4.74 Å². The Balaban J connectivity index is 1.51. The fourth-order valence-electron chi connectivity index (χ4n) is 3.70. The molecule has 0 bridgehead atoms. The van der Waals surface area contributed by atoms with E-state index in [-0.39, 0.29) is 24.3 Å². The Bertz CT molecular complexity index is 814. The smallest absolute Gasteiger partial charge is 0.338 e. The normalized spacial score (nSPS) is 21.7. The van der Waals surface area contributed by atoms with Crippen LogP contribution in [0.15, 0.2) is 48.5 Å². The largest absolute Gasteiger partial charge is 0.508 e. The predicted molar refractivity (Wildman–Crippen MR) is 108 cm³/mol. The van der Waals surface area contributed by atoms with Gasteiger partial charge in [-0.05, 0) is 53.6 Å². The number of carbonyl (C=O) groups excluding carboxylic acids is 2. The molecule has 0 radical (unpaired) electrons. The minimum absolute atomic E-state index is 0.152. The van der Waals surface area contributed by atoms with Crippen LogP contribution >= 0.6 is 0 Å². The van der Waals surface area contributed by atoms with Crippen LogP contribution in [0, 0.1) is 11.8 Å². The molecular formula is C23H27NO4. The summed E-state index contributed by atoms with van der Waals surface area (Å²) in [5.74, 6) is 0.464. The fraction of sp³-hybridized carbons (Fsp3) is 0.391. The van der Waals surface area contributed by atoms with Gasteiger partial charge in [-0.25, -0.2) is 4.79 Å². The number of esters is 1. The van der Waals surface area contributed by atoms with Crippen molar-refractivity contribution < 1.29 is 19.4 Å². The van der Waals surface area contributed by atoms with Crippen molar-refractivity contribution in [3.8, 4) is 16.9 Å². The van der Waals surface area contributed by atoms with Gasteiger partial charge in [-0.1, -0.05) is 51.0 Å². The Hall–Kier alpha value is -2.82. The van der Waals surface area contributed by atoms with Gasteiger partial charge < -0.3 is 15.2 Å². The number of phenols is 1. The molecule has 2 N–H and O–H groups in total. The van der Waals surface area contributed by atoms with Gasteiger partial charge in [0.25, 0.3) is 5.91 Å². The second-order valence-electron chi connectivity index (χ2n) is 7.64. The Kier molecular flexibility index (Phi) is 6.34. The molecule has 0 unspecified atom stereocenters. The molecule has 0 saturated heterocycles. The Morgan fingerprint density at radius 3 is 2.25 bits per heavy atom. The summed E-state index contributed by atoms with van der Waals surface area (Å²) in [7, 11) is 0. The summed E-state index contributed by atoms with van der Waals surface area (Å²) in [6.45, 7) is 4.11. The topological polar surface area (TPSA) is 75.6 Å². The van der Waals surface area contributed by atoms with E-state index in [9.17, 15) is 14.7 Å². The SMILES string of the molecule is C[C@@H]1[C@@H](C)CCC[C@H]1NC(=O)COC(=O)c1ccc(-c2ccc(O)cc2)cc1. The maximum atomic E-state index is 12.2. The van der Waals surface area contributed by atoms with Crippen molar-refractivity contribution in [3.63, 3.8) is 0 Å². The second kappa shape index (κ2) is 8.91. The quantitative estimate of drug-likeness (QED) is 0.763. The Labute approximate surface area is 165 Å². The van der Waals surface area contributed by atoms with Crippen LogP contribution in [0.2, 0.25) is 0 Å². The van der Waals surface area contributed by atoms with E-state index < -0.39 is 5.97 Å². The third-order valence-corrected chi connectivity index (χ3v) is 5.71. The summed E-state index contributed by atoms with van der Waals surface area (Å²) in [4.78, 5) is 24.4. The first-order valence-electron chi connectivity index (χ1n) is 9.80. The Morgan fingerprint density at radius 1 is 1.00 bits per heavy atom. The molecule has 5 heteroatoms. The summed E-state index contributed by atoms with van der Waals surface area (Å²) in [5.41, 5.74) is 2.26. The number of aromatic hydroxyl groups is 1. The first kappa shape index (κ1) is 19.9. The van der Waals surface area contributed by atoms with Gasteiger partial charge in [0.15, 0.2) is 6.61 Å². The zero-order valence-corrected chi connectivity index (χ0v) is 16.4. The lowest BCUT2D eigenvalue weighted by Gasteiger charge is -2.34. The van der Waals surface area contributed by atoms with Gasteiger partial charge in [-0.3, -0.25) is 4.79 Å². The maximum absolute atomic E-state index is 12.2. The summed E-state index contributed by atoms with van der Waals surface area (Å²) in [5, 5.41) is 12.4. The molecule has 3 atom stereocenters. The molecule has 1 amide bonds. The van der Waals surface area contributed by atoms with Crippen molar-refractivity contribution in [1.82, 2.24) is 5.32 Å². The van der Waals surface area contributed by atoms with E-state index in [2.05, 4.69) is 19.2 Å². The number of benzene rings is 2. The average molecular weight is 381 g/mol. The van der Waals surface area contributed by atoms with Gasteiger partial charge in [-0.2, -0.15) is 0 Å². The molecular weight excluding hydrogens is 354 g/mol. The van der Waals surface area contributed by atoms with Crippen LogP contribution in [0.4, 0.5) is 0 Å². The molecule has 1 aliphatic rings. The van der Waals surface area contributed by atoms with E-state index in [1.165, 1.54) is 6.42 Å². The van der Waals surface area contributed by atoms with Gasteiger partial charge in [0.05, 0.1) is 5.56 Å². The lowest BCUT2D eigenvalue weighted by Crippen LogP contribution is -2.45. The van der Waals surface area contributed by atoms with Crippen molar-refractivity contribution in [2.45, 2.75) is 39.2 Å². The number of hydrogen-bond donors (Lipinski definition) is 2. The van der Waals surface area contributed by atoms with Gasteiger partial charge in [0.1, 0.15) is 5.75 Å². The molecule has 0 aliphatic heterocycles. The fourth-order valence-corrected chi connectivity index (χ4v) is 3.70. The van der Waals surface area contributed by atoms with E-state index in [1.54, 1.807) is 36.4 Å². The molecule has 28 heavy (non-hydrogen) atoms. The lowest BCUT2D eigenvalue weighted by molar-refractivity contribution is -0.125. The third kappa shape index (κ3) is 4.91. The monoisotopic (exact) mass is 381 g/mol. The molecule has 1 fully saturated rings. The van der Waals surface area contributed by atoms with Crippen LogP contribution in [0.3, 0.4) is 0 Å². The predicted octanol–water partition coefficient (Wildman–Crippen LogP) is 4.16. The van der Waals surface area contributed by atoms with Crippen molar-refractivity contribution in [3.05, 3.63) is 54.1 Å². The van der Waals surface area contributed by atoms with Gasteiger partial charge in [0, 0.05) is 6.04 Å².